The number of benzene rings is 1. The van der Waals surface area contributed by atoms with Crippen LogP contribution >= 0.6 is 15.9 Å². The van der Waals surface area contributed by atoms with Gasteiger partial charge in [0, 0.05) is 10.4 Å². The van der Waals surface area contributed by atoms with Crippen LogP contribution in [-0.4, -0.2) is 12.3 Å². The highest BCUT2D eigenvalue weighted by Crippen LogP contribution is 2.41. The van der Waals surface area contributed by atoms with Crippen molar-refractivity contribution in [3.05, 3.63) is 34.3 Å². The summed E-state index contributed by atoms with van der Waals surface area (Å²) in [6, 6.07) is 7.39. The first-order chi connectivity index (χ1) is 6.18. The Balaban J connectivity index is 2.14. The van der Waals surface area contributed by atoms with E-state index in [-0.39, 0.29) is 5.92 Å². The van der Waals surface area contributed by atoms with Gasteiger partial charge >= 0.3 is 0 Å². The van der Waals surface area contributed by atoms with Crippen LogP contribution in [0.1, 0.15) is 17.9 Å². The Morgan fingerprint density at radius 1 is 1.15 bits per heavy atom. The Morgan fingerprint density at radius 2 is 1.77 bits per heavy atom. The molecule has 0 N–H and O–H groups in total. The highest BCUT2D eigenvalue weighted by molar-refractivity contribution is 9.10. The second kappa shape index (κ2) is 3.37. The number of rotatable bonds is 1. The summed E-state index contributed by atoms with van der Waals surface area (Å²) in [7, 11) is 0. The zero-order valence-corrected chi connectivity index (χ0v) is 8.47. The maximum atomic E-state index is 13.0. The standard InChI is InChI=1S/C10H9BrF2/c11-7-3-1-6(2-4-7)8-5-9(12)10(8)13/h1-4,8-10H,5H2. The summed E-state index contributed by atoms with van der Waals surface area (Å²) in [5.41, 5.74) is 0.893. The van der Waals surface area contributed by atoms with Crippen LogP contribution in [0.15, 0.2) is 28.7 Å². The fourth-order valence-corrected chi connectivity index (χ4v) is 1.85. The second-order valence-corrected chi connectivity index (χ2v) is 4.27. The topological polar surface area (TPSA) is 0 Å². The van der Waals surface area contributed by atoms with Crippen molar-refractivity contribution in [1.29, 1.82) is 0 Å². The van der Waals surface area contributed by atoms with Crippen LogP contribution in [0.5, 0.6) is 0 Å². The molecule has 1 aromatic rings. The smallest absolute Gasteiger partial charge is 0.138 e. The molecule has 1 saturated carbocycles. The largest absolute Gasteiger partial charge is 0.244 e. The first kappa shape index (κ1) is 9.13. The van der Waals surface area contributed by atoms with Gasteiger partial charge in [-0.3, -0.25) is 0 Å². The van der Waals surface area contributed by atoms with E-state index in [0.29, 0.717) is 6.42 Å². The lowest BCUT2D eigenvalue weighted by atomic mass is 9.76. The summed E-state index contributed by atoms with van der Waals surface area (Å²) in [5, 5.41) is 0. The highest BCUT2D eigenvalue weighted by Gasteiger charge is 2.42. The van der Waals surface area contributed by atoms with Crippen molar-refractivity contribution in [2.45, 2.75) is 24.7 Å². The predicted molar refractivity (Wildman–Crippen MR) is 51.3 cm³/mol. The van der Waals surface area contributed by atoms with Gasteiger partial charge in [0.1, 0.15) is 12.3 Å². The fraction of sp³-hybridized carbons (Fsp3) is 0.400. The molecule has 0 spiro atoms. The normalized spacial score (nSPS) is 32.7. The van der Waals surface area contributed by atoms with Crippen molar-refractivity contribution in [2.24, 2.45) is 0 Å². The van der Waals surface area contributed by atoms with Gasteiger partial charge in [-0.1, -0.05) is 28.1 Å². The van der Waals surface area contributed by atoms with Gasteiger partial charge in [0.15, 0.2) is 0 Å². The predicted octanol–water partition coefficient (Wildman–Crippen LogP) is 3.61. The molecule has 0 heterocycles. The maximum Gasteiger partial charge on any atom is 0.138 e. The van der Waals surface area contributed by atoms with E-state index in [1.54, 1.807) is 0 Å². The van der Waals surface area contributed by atoms with Crippen LogP contribution in [0.25, 0.3) is 0 Å². The molecule has 0 amide bonds. The molecular formula is C10H9BrF2. The first-order valence-corrected chi connectivity index (χ1v) is 5.01. The molecule has 0 aliphatic heterocycles. The van der Waals surface area contributed by atoms with E-state index in [2.05, 4.69) is 15.9 Å². The van der Waals surface area contributed by atoms with Crippen molar-refractivity contribution >= 4 is 15.9 Å². The number of hydrogen-bond donors (Lipinski definition) is 0. The van der Waals surface area contributed by atoms with Crippen LogP contribution in [0.2, 0.25) is 0 Å². The van der Waals surface area contributed by atoms with Crippen LogP contribution in [0, 0.1) is 0 Å². The molecule has 3 unspecified atom stereocenters. The molecule has 3 heteroatoms. The van der Waals surface area contributed by atoms with Crippen molar-refractivity contribution in [1.82, 2.24) is 0 Å². The van der Waals surface area contributed by atoms with Crippen molar-refractivity contribution in [2.75, 3.05) is 0 Å². The molecule has 3 atom stereocenters. The minimum atomic E-state index is -1.30. The Kier molecular flexibility index (Phi) is 2.37. The van der Waals surface area contributed by atoms with Gasteiger partial charge in [0.2, 0.25) is 0 Å². The molecule has 0 nitrogen and oxygen atoms in total. The molecular weight excluding hydrogens is 238 g/mol. The van der Waals surface area contributed by atoms with E-state index >= 15 is 0 Å². The lowest BCUT2D eigenvalue weighted by Gasteiger charge is -2.34. The summed E-state index contributed by atoms with van der Waals surface area (Å²) < 4.78 is 26.5. The van der Waals surface area contributed by atoms with E-state index in [9.17, 15) is 8.78 Å². The Labute approximate surface area is 84.1 Å². The van der Waals surface area contributed by atoms with Crippen molar-refractivity contribution < 1.29 is 8.78 Å². The van der Waals surface area contributed by atoms with Gasteiger partial charge < -0.3 is 0 Å². The minimum absolute atomic E-state index is 0.233. The Hall–Kier alpha value is -0.440. The summed E-state index contributed by atoms with van der Waals surface area (Å²) in [6.07, 6.45) is -2.24. The summed E-state index contributed by atoms with van der Waals surface area (Å²) >= 11 is 3.29. The molecule has 0 bridgehead atoms. The van der Waals surface area contributed by atoms with Gasteiger partial charge in [0.05, 0.1) is 0 Å². The molecule has 0 radical (unpaired) electrons. The zero-order chi connectivity index (χ0) is 9.42. The molecule has 1 aliphatic rings. The third-order valence-corrected chi connectivity index (χ3v) is 3.04. The van der Waals surface area contributed by atoms with Crippen LogP contribution in [-0.2, 0) is 0 Å². The summed E-state index contributed by atoms with van der Waals surface area (Å²) in [4.78, 5) is 0. The zero-order valence-electron chi connectivity index (χ0n) is 6.88. The van der Waals surface area contributed by atoms with E-state index in [1.807, 2.05) is 24.3 Å². The average Bonchev–Trinajstić information content (AvgIpc) is 2.15. The number of alkyl halides is 2. The first-order valence-electron chi connectivity index (χ1n) is 4.22. The molecule has 0 saturated heterocycles. The van der Waals surface area contributed by atoms with Gasteiger partial charge in [-0.25, -0.2) is 8.78 Å². The molecule has 1 fully saturated rings. The van der Waals surface area contributed by atoms with Crippen LogP contribution < -0.4 is 0 Å². The van der Waals surface area contributed by atoms with E-state index in [0.717, 1.165) is 10.0 Å². The third-order valence-electron chi connectivity index (χ3n) is 2.51. The molecule has 13 heavy (non-hydrogen) atoms. The van der Waals surface area contributed by atoms with E-state index < -0.39 is 12.3 Å². The number of halogens is 3. The van der Waals surface area contributed by atoms with Crippen molar-refractivity contribution in [3.63, 3.8) is 0 Å². The van der Waals surface area contributed by atoms with Gasteiger partial charge in [-0.05, 0) is 24.1 Å². The lowest BCUT2D eigenvalue weighted by Crippen LogP contribution is -2.38. The molecule has 1 aliphatic carbocycles. The quantitative estimate of drug-likeness (QED) is 0.711. The highest BCUT2D eigenvalue weighted by atomic mass is 79.9. The Bertz CT molecular complexity index is 296. The maximum absolute atomic E-state index is 13.0. The average molecular weight is 247 g/mol. The molecule has 70 valence electrons. The summed E-state index contributed by atoms with van der Waals surface area (Å²) in [5.74, 6) is -0.233. The third kappa shape index (κ3) is 1.62. The second-order valence-electron chi connectivity index (χ2n) is 3.35. The monoisotopic (exact) mass is 246 g/mol. The van der Waals surface area contributed by atoms with E-state index in [4.69, 9.17) is 0 Å². The van der Waals surface area contributed by atoms with Crippen molar-refractivity contribution in [3.8, 4) is 0 Å². The molecule has 2 rings (SSSR count). The Morgan fingerprint density at radius 3 is 2.23 bits per heavy atom. The van der Waals surface area contributed by atoms with Crippen LogP contribution in [0.4, 0.5) is 8.78 Å². The van der Waals surface area contributed by atoms with Crippen LogP contribution in [0.3, 0.4) is 0 Å². The van der Waals surface area contributed by atoms with Gasteiger partial charge in [0.25, 0.3) is 0 Å². The molecule has 0 aromatic heterocycles. The SMILES string of the molecule is FC1CC(c2ccc(Br)cc2)C1F. The van der Waals surface area contributed by atoms with E-state index in [1.165, 1.54) is 0 Å². The molecule has 1 aromatic carbocycles. The number of hydrogen-bond acceptors (Lipinski definition) is 0. The van der Waals surface area contributed by atoms with Gasteiger partial charge in [-0.2, -0.15) is 0 Å². The van der Waals surface area contributed by atoms with Gasteiger partial charge in [-0.15, -0.1) is 0 Å². The summed E-state index contributed by atoms with van der Waals surface area (Å²) in [6.45, 7) is 0. The lowest BCUT2D eigenvalue weighted by molar-refractivity contribution is 0.0428. The minimum Gasteiger partial charge on any atom is -0.244 e. The fourth-order valence-electron chi connectivity index (χ4n) is 1.59.